The van der Waals surface area contributed by atoms with Gasteiger partial charge in [-0.25, -0.2) is 0 Å². The van der Waals surface area contributed by atoms with Gasteiger partial charge < -0.3 is 10.2 Å². The van der Waals surface area contributed by atoms with Gasteiger partial charge in [0.05, 0.1) is 6.54 Å². The van der Waals surface area contributed by atoms with Crippen LogP contribution in [0.15, 0.2) is 0 Å². The minimum atomic E-state index is 0.108. The molecule has 0 aliphatic carbocycles. The van der Waals surface area contributed by atoms with Crippen LogP contribution in [-0.4, -0.2) is 60.9 Å². The van der Waals surface area contributed by atoms with Gasteiger partial charge in [0.2, 0.25) is 11.8 Å². The zero-order valence-electron chi connectivity index (χ0n) is 12.6. The van der Waals surface area contributed by atoms with Crippen LogP contribution in [0.2, 0.25) is 0 Å². The van der Waals surface area contributed by atoms with Crippen molar-refractivity contribution in [2.24, 2.45) is 5.92 Å². The Hall–Kier alpha value is -1.10. The van der Waals surface area contributed by atoms with E-state index in [0.717, 1.165) is 64.8 Å². The summed E-state index contributed by atoms with van der Waals surface area (Å²) in [5.41, 5.74) is 0. The summed E-state index contributed by atoms with van der Waals surface area (Å²) in [5, 5.41) is 2.90. The molecule has 0 aromatic heterocycles. The number of nitrogens with one attached hydrogen (secondary N) is 1. The molecule has 114 valence electrons. The number of rotatable bonds is 5. The maximum atomic E-state index is 12.3. The van der Waals surface area contributed by atoms with Gasteiger partial charge in [-0.15, -0.1) is 0 Å². The number of nitrogens with zero attached hydrogens (tertiary/aromatic N) is 2. The SMILES string of the molecule is CCCNC(=O)CN1CCC(C(=O)N2CCCC2)CC1. The second kappa shape index (κ2) is 7.62. The van der Waals surface area contributed by atoms with Crippen molar-refractivity contribution in [3.63, 3.8) is 0 Å². The summed E-state index contributed by atoms with van der Waals surface area (Å²) in [7, 11) is 0. The molecule has 2 aliphatic rings. The van der Waals surface area contributed by atoms with E-state index in [-0.39, 0.29) is 11.8 Å². The number of carbonyl (C=O) groups excluding carboxylic acids is 2. The van der Waals surface area contributed by atoms with Crippen LogP contribution in [0, 0.1) is 5.92 Å². The fourth-order valence-electron chi connectivity index (χ4n) is 3.06. The fraction of sp³-hybridized carbons (Fsp3) is 0.867. The maximum Gasteiger partial charge on any atom is 0.234 e. The summed E-state index contributed by atoms with van der Waals surface area (Å²) in [4.78, 5) is 28.2. The Morgan fingerprint density at radius 3 is 2.35 bits per heavy atom. The van der Waals surface area contributed by atoms with E-state index in [9.17, 15) is 9.59 Å². The van der Waals surface area contributed by atoms with Gasteiger partial charge in [0.1, 0.15) is 0 Å². The van der Waals surface area contributed by atoms with E-state index in [1.807, 2.05) is 4.90 Å². The minimum absolute atomic E-state index is 0.108. The molecule has 5 heteroatoms. The van der Waals surface area contributed by atoms with Crippen molar-refractivity contribution in [2.75, 3.05) is 39.3 Å². The molecule has 1 N–H and O–H groups in total. The lowest BCUT2D eigenvalue weighted by Crippen LogP contribution is -2.45. The summed E-state index contributed by atoms with van der Waals surface area (Å²) in [6.07, 6.45) is 5.08. The van der Waals surface area contributed by atoms with Crippen LogP contribution >= 0.6 is 0 Å². The lowest BCUT2D eigenvalue weighted by molar-refractivity contribution is -0.136. The molecule has 0 unspecified atom stereocenters. The molecule has 5 nitrogen and oxygen atoms in total. The predicted molar refractivity (Wildman–Crippen MR) is 78.3 cm³/mol. The van der Waals surface area contributed by atoms with Gasteiger partial charge in [0.25, 0.3) is 0 Å². The number of amides is 2. The van der Waals surface area contributed by atoms with Crippen molar-refractivity contribution in [1.82, 2.24) is 15.1 Å². The molecule has 2 heterocycles. The number of hydrogen-bond donors (Lipinski definition) is 1. The van der Waals surface area contributed by atoms with Gasteiger partial charge in [-0.2, -0.15) is 0 Å². The molecule has 2 rings (SSSR count). The molecule has 0 saturated carbocycles. The van der Waals surface area contributed by atoms with Gasteiger partial charge in [0.15, 0.2) is 0 Å². The number of carbonyl (C=O) groups is 2. The van der Waals surface area contributed by atoms with E-state index in [1.165, 1.54) is 0 Å². The molecular weight excluding hydrogens is 254 g/mol. The van der Waals surface area contributed by atoms with Crippen LogP contribution in [0.3, 0.4) is 0 Å². The van der Waals surface area contributed by atoms with Gasteiger partial charge >= 0.3 is 0 Å². The first kappa shape index (κ1) is 15.3. The van der Waals surface area contributed by atoms with Crippen LogP contribution in [0.5, 0.6) is 0 Å². The third-order valence-electron chi connectivity index (χ3n) is 4.29. The van der Waals surface area contributed by atoms with Crippen molar-refractivity contribution < 1.29 is 9.59 Å². The van der Waals surface area contributed by atoms with E-state index in [0.29, 0.717) is 12.5 Å². The minimum Gasteiger partial charge on any atom is -0.355 e. The first-order valence-electron chi connectivity index (χ1n) is 7.98. The van der Waals surface area contributed by atoms with Crippen LogP contribution in [0.1, 0.15) is 39.0 Å². The van der Waals surface area contributed by atoms with E-state index < -0.39 is 0 Å². The summed E-state index contributed by atoms with van der Waals surface area (Å²) < 4.78 is 0. The highest BCUT2D eigenvalue weighted by Gasteiger charge is 2.30. The second-order valence-electron chi connectivity index (χ2n) is 5.93. The van der Waals surface area contributed by atoms with Crippen LogP contribution in [-0.2, 0) is 9.59 Å². The van der Waals surface area contributed by atoms with Crippen molar-refractivity contribution in [1.29, 1.82) is 0 Å². The Morgan fingerprint density at radius 2 is 1.75 bits per heavy atom. The van der Waals surface area contributed by atoms with Crippen LogP contribution in [0.4, 0.5) is 0 Å². The van der Waals surface area contributed by atoms with E-state index in [2.05, 4.69) is 17.1 Å². The molecular formula is C15H27N3O2. The molecule has 0 bridgehead atoms. The Bertz CT molecular complexity index is 332. The first-order chi connectivity index (χ1) is 9.70. The lowest BCUT2D eigenvalue weighted by Gasteiger charge is -2.32. The molecule has 2 saturated heterocycles. The van der Waals surface area contributed by atoms with Gasteiger partial charge in [0, 0.05) is 25.6 Å². The molecule has 0 atom stereocenters. The predicted octanol–water partition coefficient (Wildman–Crippen LogP) is 0.847. The highest BCUT2D eigenvalue weighted by atomic mass is 16.2. The zero-order chi connectivity index (χ0) is 14.4. The van der Waals surface area contributed by atoms with Crippen LogP contribution in [0.25, 0.3) is 0 Å². The van der Waals surface area contributed by atoms with Crippen molar-refractivity contribution in [2.45, 2.75) is 39.0 Å². The molecule has 2 aliphatic heterocycles. The van der Waals surface area contributed by atoms with Crippen LogP contribution < -0.4 is 5.32 Å². The highest BCUT2D eigenvalue weighted by molar-refractivity contribution is 5.79. The first-order valence-corrected chi connectivity index (χ1v) is 7.98. The highest BCUT2D eigenvalue weighted by Crippen LogP contribution is 2.21. The molecule has 0 aromatic rings. The Morgan fingerprint density at radius 1 is 1.10 bits per heavy atom. The number of piperidine rings is 1. The lowest BCUT2D eigenvalue weighted by atomic mass is 9.95. The van der Waals surface area contributed by atoms with E-state index >= 15 is 0 Å². The molecule has 0 spiro atoms. The maximum absolute atomic E-state index is 12.3. The average Bonchev–Trinajstić information content (AvgIpc) is 2.99. The Labute approximate surface area is 121 Å². The normalized spacial score (nSPS) is 21.1. The van der Waals surface area contributed by atoms with Crippen molar-refractivity contribution in [3.05, 3.63) is 0 Å². The van der Waals surface area contributed by atoms with Gasteiger partial charge in [-0.1, -0.05) is 6.92 Å². The number of likely N-dealkylation sites (tertiary alicyclic amines) is 2. The summed E-state index contributed by atoms with van der Waals surface area (Å²) in [5.74, 6) is 0.636. The summed E-state index contributed by atoms with van der Waals surface area (Å²) in [6.45, 7) is 6.90. The second-order valence-corrected chi connectivity index (χ2v) is 5.93. The molecule has 2 amide bonds. The van der Waals surface area contributed by atoms with E-state index in [1.54, 1.807) is 0 Å². The van der Waals surface area contributed by atoms with E-state index in [4.69, 9.17) is 0 Å². The smallest absolute Gasteiger partial charge is 0.234 e. The van der Waals surface area contributed by atoms with Crippen molar-refractivity contribution >= 4 is 11.8 Å². The van der Waals surface area contributed by atoms with Crippen molar-refractivity contribution in [3.8, 4) is 0 Å². The summed E-state index contributed by atoms with van der Waals surface area (Å²) in [6, 6.07) is 0. The average molecular weight is 281 g/mol. The molecule has 20 heavy (non-hydrogen) atoms. The van der Waals surface area contributed by atoms with Gasteiger partial charge in [-0.05, 0) is 45.2 Å². The standard InChI is InChI=1S/C15H27N3O2/c1-2-7-16-14(19)12-17-10-5-13(6-11-17)15(20)18-8-3-4-9-18/h13H,2-12H2,1H3,(H,16,19). The fourth-order valence-corrected chi connectivity index (χ4v) is 3.06. The van der Waals surface area contributed by atoms with Gasteiger partial charge in [-0.3, -0.25) is 14.5 Å². The largest absolute Gasteiger partial charge is 0.355 e. The zero-order valence-corrected chi connectivity index (χ0v) is 12.6. The molecule has 0 radical (unpaired) electrons. The third kappa shape index (κ3) is 4.20. The molecule has 2 fully saturated rings. The quantitative estimate of drug-likeness (QED) is 0.813. The monoisotopic (exact) mass is 281 g/mol. The number of hydrogen-bond acceptors (Lipinski definition) is 3. The third-order valence-corrected chi connectivity index (χ3v) is 4.29. The Balaban J connectivity index is 1.69. The summed E-state index contributed by atoms with van der Waals surface area (Å²) >= 11 is 0. The Kier molecular flexibility index (Phi) is 5.83. The molecule has 0 aromatic carbocycles. The topological polar surface area (TPSA) is 52.7 Å².